The number of benzene rings is 2. The first-order chi connectivity index (χ1) is 23.0. The molecule has 12 heteroatoms. The van der Waals surface area contributed by atoms with Crippen molar-refractivity contribution in [2.45, 2.75) is 78.7 Å². The van der Waals surface area contributed by atoms with Crippen LogP contribution in [0.1, 0.15) is 67.4 Å². The van der Waals surface area contributed by atoms with Crippen molar-refractivity contribution >= 4 is 23.3 Å². The average Bonchev–Trinajstić information content (AvgIpc) is 3.38. The van der Waals surface area contributed by atoms with Crippen LogP contribution in [0.5, 0.6) is 11.5 Å². The summed E-state index contributed by atoms with van der Waals surface area (Å²) < 4.78 is 23.3. The van der Waals surface area contributed by atoms with Gasteiger partial charge in [-0.05, 0) is 89.9 Å². The van der Waals surface area contributed by atoms with Crippen molar-refractivity contribution in [3.8, 4) is 11.5 Å². The molecule has 1 aliphatic rings. The van der Waals surface area contributed by atoms with Crippen molar-refractivity contribution in [1.29, 1.82) is 0 Å². The number of aliphatic hydroxyl groups excluding tert-OH is 1. The van der Waals surface area contributed by atoms with Crippen molar-refractivity contribution in [2.75, 3.05) is 51.1 Å². The fourth-order valence-electron chi connectivity index (χ4n) is 5.81. The van der Waals surface area contributed by atoms with E-state index in [2.05, 4.69) is 46.8 Å². The Balaban J connectivity index is 1.58. The highest BCUT2D eigenvalue weighted by molar-refractivity contribution is 6.03. The maximum absolute atomic E-state index is 14.4. The summed E-state index contributed by atoms with van der Waals surface area (Å²) in [6, 6.07) is 12.1. The van der Waals surface area contributed by atoms with E-state index in [1.807, 2.05) is 26.0 Å². The van der Waals surface area contributed by atoms with E-state index in [-0.39, 0.29) is 30.6 Å². The summed E-state index contributed by atoms with van der Waals surface area (Å²) in [6.45, 7) is 11.5. The molecular weight excluding hydrogens is 614 g/mol. The molecule has 0 bridgehead atoms. The Morgan fingerprint density at radius 2 is 1.90 bits per heavy atom. The first-order valence-corrected chi connectivity index (χ1v) is 16.7. The van der Waals surface area contributed by atoms with Gasteiger partial charge in [-0.15, -0.1) is 0 Å². The number of carbonyl (C=O) groups is 2. The van der Waals surface area contributed by atoms with Crippen LogP contribution in [0.15, 0.2) is 47.0 Å². The number of urea groups is 1. The van der Waals surface area contributed by atoms with Crippen molar-refractivity contribution < 1.29 is 33.4 Å². The van der Waals surface area contributed by atoms with Gasteiger partial charge in [-0.3, -0.25) is 9.69 Å². The topological polar surface area (TPSA) is 139 Å². The molecular formula is C36H51N5O7. The zero-order valence-corrected chi connectivity index (χ0v) is 29.2. The van der Waals surface area contributed by atoms with Gasteiger partial charge in [-0.1, -0.05) is 24.2 Å². The van der Waals surface area contributed by atoms with Gasteiger partial charge in [0.2, 0.25) is 0 Å². The number of hydrogen-bond donors (Lipinski definition) is 3. The lowest BCUT2D eigenvalue weighted by molar-refractivity contribution is -0.0177. The van der Waals surface area contributed by atoms with Gasteiger partial charge in [0.15, 0.2) is 5.76 Å². The van der Waals surface area contributed by atoms with Gasteiger partial charge in [-0.2, -0.15) is 0 Å². The lowest BCUT2D eigenvalue weighted by atomic mass is 10.0. The minimum absolute atomic E-state index is 0.0605. The molecule has 1 aliphatic heterocycles. The number of nitrogens with zero attached hydrogens (tertiary/aromatic N) is 3. The first kappa shape index (κ1) is 36.7. The molecule has 1 aromatic heterocycles. The van der Waals surface area contributed by atoms with Crippen molar-refractivity contribution in [1.82, 2.24) is 15.0 Å². The number of hydrogen-bond acceptors (Lipinski definition) is 9. The monoisotopic (exact) mass is 665 g/mol. The van der Waals surface area contributed by atoms with E-state index >= 15 is 0 Å². The zero-order valence-electron chi connectivity index (χ0n) is 29.2. The summed E-state index contributed by atoms with van der Waals surface area (Å²) in [5, 5.41) is 19.7. The van der Waals surface area contributed by atoms with Crippen LogP contribution in [0, 0.1) is 19.8 Å². The number of likely N-dealkylation sites (N-methyl/N-ethyl adjacent to an activating group) is 1. The smallest absolute Gasteiger partial charge is 0.323 e. The van der Waals surface area contributed by atoms with Crippen LogP contribution in [0.2, 0.25) is 0 Å². The molecule has 0 unspecified atom stereocenters. The number of ether oxygens (including phenoxy) is 3. The highest BCUT2D eigenvalue weighted by Gasteiger charge is 2.30. The van der Waals surface area contributed by atoms with Crippen LogP contribution in [0.25, 0.3) is 0 Å². The van der Waals surface area contributed by atoms with E-state index in [0.717, 1.165) is 37.1 Å². The van der Waals surface area contributed by atoms with E-state index in [0.29, 0.717) is 53.8 Å². The maximum atomic E-state index is 14.4. The lowest BCUT2D eigenvalue weighted by Gasteiger charge is -2.36. The van der Waals surface area contributed by atoms with Gasteiger partial charge in [0, 0.05) is 37.8 Å². The first-order valence-electron chi connectivity index (χ1n) is 16.7. The minimum Gasteiger partial charge on any atom is -0.497 e. The van der Waals surface area contributed by atoms with Gasteiger partial charge in [-0.25, -0.2) is 4.79 Å². The molecule has 0 saturated carbocycles. The van der Waals surface area contributed by atoms with Crippen LogP contribution in [0.4, 0.5) is 16.2 Å². The molecule has 3 N–H and O–H groups in total. The standard InChI is InChI=1S/C36H51N5O7/c1-23-19-41(24(2)22-42)35(43)31-18-29(37-36(44)38-34-26(4)39-48-27(34)5)13-16-32(31)47-25(3)10-8-9-17-46-33(23)21-40(6)20-28-11-14-30(45-7)15-12-28/h11-16,18,23-25,33,42H,8-10,17,19-22H2,1-7H3,(H2,37,38,44)/t23-,24+,25+,33-/m1/s1. The van der Waals surface area contributed by atoms with Gasteiger partial charge in [0.05, 0.1) is 37.5 Å². The summed E-state index contributed by atoms with van der Waals surface area (Å²) in [7, 11) is 3.72. The van der Waals surface area contributed by atoms with E-state index in [9.17, 15) is 14.7 Å². The second-order valence-corrected chi connectivity index (χ2v) is 12.8. The van der Waals surface area contributed by atoms with E-state index in [1.165, 1.54) is 0 Å². The second kappa shape index (κ2) is 17.3. The van der Waals surface area contributed by atoms with E-state index in [1.54, 1.807) is 44.1 Å². The van der Waals surface area contributed by atoms with Crippen LogP contribution in [0.3, 0.4) is 0 Å². The van der Waals surface area contributed by atoms with E-state index < -0.39 is 12.1 Å². The van der Waals surface area contributed by atoms with E-state index in [4.69, 9.17) is 18.7 Å². The molecule has 0 spiro atoms. The Bertz CT molecular complexity index is 1470. The molecule has 4 atom stereocenters. The lowest BCUT2D eigenvalue weighted by Crippen LogP contribution is -2.47. The summed E-state index contributed by atoms with van der Waals surface area (Å²) >= 11 is 0. The number of methoxy groups -OCH3 is 1. The third-order valence-corrected chi connectivity index (χ3v) is 8.68. The van der Waals surface area contributed by atoms with Crippen LogP contribution < -0.4 is 20.1 Å². The molecule has 2 heterocycles. The second-order valence-electron chi connectivity index (χ2n) is 12.8. The number of fused-ring (bicyclic) bond motifs is 1. The average molecular weight is 666 g/mol. The third-order valence-electron chi connectivity index (χ3n) is 8.68. The fraction of sp³-hybridized carbons (Fsp3) is 0.528. The van der Waals surface area contributed by atoms with Crippen LogP contribution in [-0.2, 0) is 11.3 Å². The largest absolute Gasteiger partial charge is 0.497 e. The Morgan fingerprint density at radius 1 is 1.15 bits per heavy atom. The molecule has 262 valence electrons. The Labute approximate surface area is 283 Å². The summed E-state index contributed by atoms with van der Waals surface area (Å²) in [5.74, 6) is 1.37. The molecule has 3 aromatic rings. The summed E-state index contributed by atoms with van der Waals surface area (Å²) in [6.07, 6.45) is 2.25. The Morgan fingerprint density at radius 3 is 2.56 bits per heavy atom. The minimum atomic E-state index is -0.500. The normalized spacial score (nSPS) is 20.0. The number of aromatic nitrogens is 1. The van der Waals surface area contributed by atoms with Gasteiger partial charge in [0.25, 0.3) is 5.91 Å². The molecule has 12 nitrogen and oxygen atoms in total. The quantitative estimate of drug-likeness (QED) is 0.256. The maximum Gasteiger partial charge on any atom is 0.323 e. The molecule has 0 radical (unpaired) electrons. The molecule has 4 rings (SSSR count). The number of anilines is 2. The third kappa shape index (κ3) is 9.94. The zero-order chi connectivity index (χ0) is 34.8. The fourth-order valence-corrected chi connectivity index (χ4v) is 5.81. The molecule has 0 fully saturated rings. The van der Waals surface area contributed by atoms with Crippen molar-refractivity contribution in [3.63, 3.8) is 0 Å². The molecule has 0 saturated heterocycles. The Kier molecular flexibility index (Phi) is 13.2. The number of carbonyl (C=O) groups excluding carboxylic acids is 2. The predicted octanol–water partition coefficient (Wildman–Crippen LogP) is 5.87. The highest BCUT2D eigenvalue weighted by Crippen LogP contribution is 2.29. The number of rotatable bonds is 9. The predicted molar refractivity (Wildman–Crippen MR) is 185 cm³/mol. The van der Waals surface area contributed by atoms with Crippen molar-refractivity contribution in [2.24, 2.45) is 5.92 Å². The SMILES string of the molecule is COc1ccc(CN(C)C[C@H]2OCCCC[C@H](C)Oc3ccc(NC(=O)Nc4c(C)noc4C)cc3C(=O)N([C@@H](C)CO)C[C@H]2C)cc1. The number of aliphatic hydroxyl groups is 1. The van der Waals surface area contributed by atoms with Crippen molar-refractivity contribution in [3.05, 3.63) is 65.0 Å². The summed E-state index contributed by atoms with van der Waals surface area (Å²) in [4.78, 5) is 31.2. The van der Waals surface area contributed by atoms with Gasteiger partial charge < -0.3 is 39.4 Å². The number of amides is 3. The van der Waals surface area contributed by atoms with Gasteiger partial charge >= 0.3 is 6.03 Å². The number of aryl methyl sites for hydroxylation is 2. The molecule has 2 aromatic carbocycles. The highest BCUT2D eigenvalue weighted by atomic mass is 16.5. The molecule has 3 amide bonds. The Hall–Kier alpha value is -4.13. The molecule has 48 heavy (non-hydrogen) atoms. The van der Waals surface area contributed by atoms with Crippen LogP contribution in [-0.4, -0.2) is 90.7 Å². The van der Waals surface area contributed by atoms with Crippen LogP contribution >= 0.6 is 0 Å². The van der Waals surface area contributed by atoms with Gasteiger partial charge in [0.1, 0.15) is 22.9 Å². The number of nitrogens with one attached hydrogen (secondary N) is 2. The molecule has 0 aliphatic carbocycles. The summed E-state index contributed by atoms with van der Waals surface area (Å²) in [5.41, 5.74) is 2.92.